The lowest BCUT2D eigenvalue weighted by molar-refractivity contribution is 0.606. The minimum atomic E-state index is 0.154. The molecule has 0 aliphatic heterocycles. The van der Waals surface area contributed by atoms with Crippen LogP contribution in [0.1, 0.15) is 54.5 Å². The maximum atomic E-state index is 2.54. The lowest BCUT2D eigenvalue weighted by atomic mass is 9.77. The van der Waals surface area contributed by atoms with Crippen LogP contribution in [0.5, 0.6) is 0 Å². The van der Waals surface area contributed by atoms with Gasteiger partial charge >= 0.3 is 0 Å². The smallest absolute Gasteiger partial charge is 0.0121 e. The van der Waals surface area contributed by atoms with Crippen LogP contribution in [0, 0.1) is 0 Å². The number of rotatable bonds is 2. The van der Waals surface area contributed by atoms with Gasteiger partial charge in [-0.05, 0) is 75.4 Å². The van der Waals surface area contributed by atoms with E-state index in [0.29, 0.717) is 0 Å². The molecule has 0 amide bonds. The topological polar surface area (TPSA) is 0 Å². The summed E-state index contributed by atoms with van der Waals surface area (Å²) in [5.41, 5.74) is 12.6. The SMILES string of the molecule is CC1(C)C2=C3C(=CCC2)Cc2cccc4c(Cc5ccccc5)cc1c3c24. The average Bonchev–Trinajstić information content (AvgIpc) is 2.92. The van der Waals surface area contributed by atoms with Gasteiger partial charge in [0, 0.05) is 5.41 Å². The standard InChI is InChI=1S/C27H24/c1-27(2)22-13-7-11-19-15-18-10-6-12-21-20(14-17-8-4-3-5-9-17)16-23(27)26(24(18)21)25(19)22/h3-6,8-12,16H,7,13-15H2,1-2H3. The highest BCUT2D eigenvalue weighted by molar-refractivity contribution is 6.08. The summed E-state index contributed by atoms with van der Waals surface area (Å²) in [4.78, 5) is 0. The Balaban J connectivity index is 1.69. The number of allylic oxidation sites excluding steroid dienone is 4. The molecule has 0 fully saturated rings. The third-order valence-corrected chi connectivity index (χ3v) is 7.04. The Kier molecular flexibility index (Phi) is 2.99. The Morgan fingerprint density at radius 2 is 1.81 bits per heavy atom. The molecular formula is C27H24. The number of hydrogen-bond acceptors (Lipinski definition) is 0. The Morgan fingerprint density at radius 1 is 0.963 bits per heavy atom. The van der Waals surface area contributed by atoms with Gasteiger partial charge < -0.3 is 0 Å². The molecule has 0 heterocycles. The van der Waals surface area contributed by atoms with Crippen LogP contribution >= 0.6 is 0 Å². The molecule has 0 aromatic heterocycles. The van der Waals surface area contributed by atoms with E-state index in [4.69, 9.17) is 0 Å². The molecule has 0 N–H and O–H groups in total. The van der Waals surface area contributed by atoms with Crippen LogP contribution in [0.2, 0.25) is 0 Å². The largest absolute Gasteiger partial charge is 0.0800 e. The van der Waals surface area contributed by atoms with E-state index in [1.807, 2.05) is 0 Å². The molecule has 3 aromatic carbocycles. The van der Waals surface area contributed by atoms with Crippen LogP contribution in [0.3, 0.4) is 0 Å². The minimum Gasteiger partial charge on any atom is -0.0800 e. The molecule has 0 spiro atoms. The van der Waals surface area contributed by atoms with Crippen LogP contribution in [-0.4, -0.2) is 0 Å². The molecule has 6 rings (SSSR count). The summed E-state index contributed by atoms with van der Waals surface area (Å²) < 4.78 is 0. The molecule has 3 aliphatic carbocycles. The van der Waals surface area contributed by atoms with E-state index >= 15 is 0 Å². The summed E-state index contributed by atoms with van der Waals surface area (Å²) in [6.07, 6.45) is 7.04. The zero-order valence-electron chi connectivity index (χ0n) is 16.1. The van der Waals surface area contributed by atoms with Crippen LogP contribution in [-0.2, 0) is 18.3 Å². The van der Waals surface area contributed by atoms with Crippen LogP contribution in [0.25, 0.3) is 16.3 Å². The number of hydrogen-bond donors (Lipinski definition) is 0. The van der Waals surface area contributed by atoms with Crippen molar-refractivity contribution in [3.05, 3.63) is 99.6 Å². The zero-order chi connectivity index (χ0) is 18.2. The van der Waals surface area contributed by atoms with Crippen molar-refractivity contribution in [3.8, 4) is 0 Å². The van der Waals surface area contributed by atoms with E-state index in [9.17, 15) is 0 Å². The Labute approximate surface area is 161 Å². The Hall–Kier alpha value is -2.60. The summed E-state index contributed by atoms with van der Waals surface area (Å²) in [6.45, 7) is 4.90. The van der Waals surface area contributed by atoms with Gasteiger partial charge in [0.25, 0.3) is 0 Å². The van der Waals surface area contributed by atoms with E-state index < -0.39 is 0 Å². The van der Waals surface area contributed by atoms with Crippen LogP contribution < -0.4 is 0 Å². The second-order valence-electron chi connectivity index (χ2n) is 8.88. The molecule has 0 nitrogen and oxygen atoms in total. The zero-order valence-corrected chi connectivity index (χ0v) is 16.1. The fourth-order valence-electron chi connectivity index (χ4n) is 5.76. The lowest BCUT2D eigenvalue weighted by Crippen LogP contribution is -2.18. The molecule has 0 bridgehead atoms. The minimum absolute atomic E-state index is 0.154. The quantitative estimate of drug-likeness (QED) is 0.480. The maximum absolute atomic E-state index is 2.54. The van der Waals surface area contributed by atoms with Crippen molar-refractivity contribution in [2.45, 2.75) is 44.9 Å². The van der Waals surface area contributed by atoms with Crippen LogP contribution in [0.15, 0.2) is 71.8 Å². The molecule has 0 saturated carbocycles. The molecule has 3 aromatic rings. The average molecular weight is 348 g/mol. The predicted molar refractivity (Wildman–Crippen MR) is 114 cm³/mol. The van der Waals surface area contributed by atoms with Crippen molar-refractivity contribution < 1.29 is 0 Å². The van der Waals surface area contributed by atoms with E-state index in [1.165, 1.54) is 40.3 Å². The third-order valence-electron chi connectivity index (χ3n) is 7.04. The highest BCUT2D eigenvalue weighted by Crippen LogP contribution is 2.57. The first-order valence-corrected chi connectivity index (χ1v) is 10.2. The third kappa shape index (κ3) is 1.99. The fraction of sp³-hybridized carbons (Fsp3) is 0.259. The van der Waals surface area contributed by atoms with Gasteiger partial charge in [-0.15, -0.1) is 0 Å². The Morgan fingerprint density at radius 3 is 2.67 bits per heavy atom. The maximum Gasteiger partial charge on any atom is 0.0121 e. The van der Waals surface area contributed by atoms with Gasteiger partial charge in [0.2, 0.25) is 0 Å². The molecule has 0 saturated heterocycles. The van der Waals surface area contributed by atoms with E-state index in [-0.39, 0.29) is 5.41 Å². The van der Waals surface area contributed by atoms with E-state index in [0.717, 1.165) is 12.8 Å². The molecule has 0 heteroatoms. The summed E-state index contributed by atoms with van der Waals surface area (Å²) in [7, 11) is 0. The van der Waals surface area contributed by atoms with Crippen LogP contribution in [0.4, 0.5) is 0 Å². The normalized spacial score (nSPS) is 18.8. The summed E-state index contributed by atoms with van der Waals surface area (Å²) in [5, 5.41) is 3.00. The van der Waals surface area contributed by atoms with Crippen molar-refractivity contribution in [1.82, 2.24) is 0 Å². The van der Waals surface area contributed by atoms with Gasteiger partial charge in [0.15, 0.2) is 0 Å². The number of benzene rings is 3. The van der Waals surface area contributed by atoms with Crippen molar-refractivity contribution in [1.29, 1.82) is 0 Å². The first-order chi connectivity index (χ1) is 13.1. The second-order valence-corrected chi connectivity index (χ2v) is 8.88. The van der Waals surface area contributed by atoms with Crippen molar-refractivity contribution in [2.24, 2.45) is 0 Å². The van der Waals surface area contributed by atoms with Crippen molar-refractivity contribution in [3.63, 3.8) is 0 Å². The molecule has 0 atom stereocenters. The molecular weight excluding hydrogens is 324 g/mol. The van der Waals surface area contributed by atoms with Crippen molar-refractivity contribution >= 4 is 16.3 Å². The molecule has 0 unspecified atom stereocenters. The first kappa shape index (κ1) is 15.5. The summed E-state index contributed by atoms with van der Waals surface area (Å²) >= 11 is 0. The molecule has 0 radical (unpaired) electrons. The van der Waals surface area contributed by atoms with Gasteiger partial charge in [-0.1, -0.05) is 80.1 Å². The molecule has 3 aliphatic rings. The fourth-order valence-corrected chi connectivity index (χ4v) is 5.76. The molecule has 132 valence electrons. The molecule has 27 heavy (non-hydrogen) atoms. The van der Waals surface area contributed by atoms with Gasteiger partial charge in [-0.3, -0.25) is 0 Å². The van der Waals surface area contributed by atoms with E-state index in [2.05, 4.69) is 74.5 Å². The summed E-state index contributed by atoms with van der Waals surface area (Å²) in [5.74, 6) is 0. The first-order valence-electron chi connectivity index (χ1n) is 10.2. The Bertz CT molecular complexity index is 1170. The van der Waals surface area contributed by atoms with Gasteiger partial charge in [-0.2, -0.15) is 0 Å². The van der Waals surface area contributed by atoms with E-state index in [1.54, 1.807) is 27.8 Å². The predicted octanol–water partition coefficient (Wildman–Crippen LogP) is 6.75. The summed E-state index contributed by atoms with van der Waals surface area (Å²) in [6, 6.07) is 20.4. The van der Waals surface area contributed by atoms with Gasteiger partial charge in [0.1, 0.15) is 0 Å². The highest BCUT2D eigenvalue weighted by atomic mass is 14.5. The van der Waals surface area contributed by atoms with Crippen molar-refractivity contribution in [2.75, 3.05) is 0 Å². The van der Waals surface area contributed by atoms with Gasteiger partial charge in [0.05, 0.1) is 0 Å². The van der Waals surface area contributed by atoms with Gasteiger partial charge in [-0.25, -0.2) is 0 Å². The second kappa shape index (κ2) is 5.23. The highest BCUT2D eigenvalue weighted by Gasteiger charge is 2.42. The lowest BCUT2D eigenvalue weighted by Gasteiger charge is -2.27. The monoisotopic (exact) mass is 348 g/mol.